The van der Waals surface area contributed by atoms with Crippen LogP contribution < -0.4 is 16.5 Å². The zero-order valence-corrected chi connectivity index (χ0v) is 8.79. The number of nitrogens with two attached hydrogens (primary N) is 1. The van der Waals surface area contributed by atoms with Gasteiger partial charge in [0.15, 0.2) is 0 Å². The van der Waals surface area contributed by atoms with E-state index in [1.165, 1.54) is 0 Å². The van der Waals surface area contributed by atoms with Crippen LogP contribution >= 0.6 is 0 Å². The van der Waals surface area contributed by atoms with Crippen molar-refractivity contribution in [1.82, 2.24) is 15.8 Å². The number of rotatable bonds is 3. The molecule has 7 nitrogen and oxygen atoms in total. The second-order valence-electron chi connectivity index (χ2n) is 2.94. The van der Waals surface area contributed by atoms with Gasteiger partial charge in [-0.2, -0.15) is 5.26 Å². The van der Waals surface area contributed by atoms with Gasteiger partial charge in [0.1, 0.15) is 11.6 Å². The molecule has 0 aromatic rings. The third kappa shape index (κ3) is 4.64. The lowest BCUT2D eigenvalue weighted by molar-refractivity contribution is -0.116. The number of hydrogen-bond acceptors (Lipinski definition) is 5. The Morgan fingerprint density at radius 3 is 2.27 bits per heavy atom. The molecule has 0 aromatic heterocycles. The first-order chi connectivity index (χ1) is 6.88. The molecule has 0 saturated carbocycles. The van der Waals surface area contributed by atoms with Gasteiger partial charge >= 0.3 is 6.03 Å². The summed E-state index contributed by atoms with van der Waals surface area (Å²) in [7, 11) is 3.40. The maximum absolute atomic E-state index is 11.3. The predicted molar refractivity (Wildman–Crippen MR) is 52.9 cm³/mol. The molecule has 0 spiro atoms. The van der Waals surface area contributed by atoms with E-state index in [1.54, 1.807) is 32.1 Å². The second kappa shape index (κ2) is 5.62. The number of hydrazine groups is 1. The first-order valence-corrected chi connectivity index (χ1v) is 4.04. The molecular formula is C8H13N5O2. The van der Waals surface area contributed by atoms with Crippen LogP contribution in [0.3, 0.4) is 0 Å². The molecule has 82 valence electrons. The van der Waals surface area contributed by atoms with E-state index in [1.807, 2.05) is 5.32 Å². The number of allylic oxidation sites excluding steroid dienone is 1. The van der Waals surface area contributed by atoms with Gasteiger partial charge in [0.2, 0.25) is 0 Å². The van der Waals surface area contributed by atoms with Crippen molar-refractivity contribution >= 4 is 11.9 Å². The number of imide groups is 1. The topological polar surface area (TPSA) is 111 Å². The lowest BCUT2D eigenvalue weighted by atomic mass is 10.2. The molecule has 0 aliphatic carbocycles. The molecule has 7 heteroatoms. The van der Waals surface area contributed by atoms with E-state index in [0.717, 1.165) is 0 Å². The summed E-state index contributed by atoms with van der Waals surface area (Å²) in [5, 5.41) is 12.1. The quantitative estimate of drug-likeness (QED) is 0.316. The Balaban J connectivity index is 4.82. The van der Waals surface area contributed by atoms with Crippen LogP contribution in [0.4, 0.5) is 4.79 Å². The number of carbonyl (C=O) groups is 2. The largest absolute Gasteiger partial charge is 0.351 e. The van der Waals surface area contributed by atoms with Crippen molar-refractivity contribution in [2.45, 2.75) is 6.92 Å². The Hall–Kier alpha value is -2.07. The smallest absolute Gasteiger partial charge is 0.319 e. The minimum absolute atomic E-state index is 0.192. The summed E-state index contributed by atoms with van der Waals surface area (Å²) in [6, 6.07) is 0.688. The van der Waals surface area contributed by atoms with Gasteiger partial charge in [-0.3, -0.25) is 10.1 Å². The maximum Gasteiger partial charge on any atom is 0.319 e. The van der Waals surface area contributed by atoms with Gasteiger partial charge in [0, 0.05) is 19.8 Å². The van der Waals surface area contributed by atoms with Crippen molar-refractivity contribution in [3.63, 3.8) is 0 Å². The third-order valence-corrected chi connectivity index (χ3v) is 1.34. The molecule has 0 bridgehead atoms. The van der Waals surface area contributed by atoms with Crippen molar-refractivity contribution in [3.05, 3.63) is 11.3 Å². The molecule has 0 rings (SSSR count). The van der Waals surface area contributed by atoms with Crippen LogP contribution in [0.5, 0.6) is 0 Å². The molecule has 15 heavy (non-hydrogen) atoms. The van der Waals surface area contributed by atoms with Crippen molar-refractivity contribution in [2.24, 2.45) is 5.73 Å². The number of hydrogen-bond donors (Lipinski definition) is 3. The summed E-state index contributed by atoms with van der Waals surface area (Å²) in [6.45, 7) is 1.54. The summed E-state index contributed by atoms with van der Waals surface area (Å²) in [5.41, 5.74) is 7.62. The highest BCUT2D eigenvalue weighted by Gasteiger charge is 2.14. The minimum Gasteiger partial charge on any atom is -0.351 e. The standard InChI is InChI=1S/C8H13N5O2/c1-5(12-13(2)3)6(4-9)7(14)11-8(10)15/h12H,1-3H3,(H3,10,11,14,15)/b6-5-. The van der Waals surface area contributed by atoms with Gasteiger partial charge in [-0.1, -0.05) is 0 Å². The van der Waals surface area contributed by atoms with Crippen molar-refractivity contribution in [3.8, 4) is 6.07 Å². The van der Waals surface area contributed by atoms with Gasteiger partial charge in [0.05, 0.1) is 0 Å². The Labute approximate surface area is 87.5 Å². The molecule has 0 radical (unpaired) electrons. The normalized spacial score (nSPS) is 11.4. The molecule has 3 amide bonds. The van der Waals surface area contributed by atoms with E-state index in [-0.39, 0.29) is 5.57 Å². The maximum atomic E-state index is 11.3. The average Bonchev–Trinajstić information content (AvgIpc) is 2.01. The summed E-state index contributed by atoms with van der Waals surface area (Å²) in [4.78, 5) is 21.7. The van der Waals surface area contributed by atoms with Gasteiger partial charge < -0.3 is 11.2 Å². The van der Waals surface area contributed by atoms with Crippen LogP contribution in [-0.4, -0.2) is 31.0 Å². The van der Waals surface area contributed by atoms with Crippen LogP contribution in [0.25, 0.3) is 0 Å². The predicted octanol–water partition coefficient (Wildman–Crippen LogP) is -0.955. The fourth-order valence-electron chi connectivity index (χ4n) is 0.871. The molecule has 0 heterocycles. The zero-order chi connectivity index (χ0) is 12.0. The summed E-state index contributed by atoms with van der Waals surface area (Å²) in [5.74, 6) is -0.822. The van der Waals surface area contributed by atoms with E-state index < -0.39 is 11.9 Å². The van der Waals surface area contributed by atoms with Crippen molar-refractivity contribution in [2.75, 3.05) is 14.1 Å². The first kappa shape index (κ1) is 12.9. The Kier molecular flexibility index (Phi) is 4.84. The number of urea groups is 1. The van der Waals surface area contributed by atoms with Crippen LogP contribution in [0, 0.1) is 11.3 Å². The van der Waals surface area contributed by atoms with E-state index in [0.29, 0.717) is 5.70 Å². The second-order valence-corrected chi connectivity index (χ2v) is 2.94. The SMILES string of the molecule is C/C(NN(C)C)=C(\C#N)C(=O)NC(N)=O. The highest BCUT2D eigenvalue weighted by Crippen LogP contribution is 1.99. The van der Waals surface area contributed by atoms with Crippen molar-refractivity contribution < 1.29 is 9.59 Å². The molecule has 0 atom stereocenters. The Morgan fingerprint density at radius 2 is 1.93 bits per heavy atom. The highest BCUT2D eigenvalue weighted by molar-refractivity contribution is 6.06. The van der Waals surface area contributed by atoms with Gasteiger partial charge in [-0.05, 0) is 6.92 Å². The highest BCUT2D eigenvalue weighted by atomic mass is 16.2. The summed E-state index contributed by atoms with van der Waals surface area (Å²) >= 11 is 0. The zero-order valence-electron chi connectivity index (χ0n) is 8.79. The summed E-state index contributed by atoms with van der Waals surface area (Å²) in [6.07, 6.45) is 0. The van der Waals surface area contributed by atoms with E-state index in [2.05, 4.69) is 5.43 Å². The molecule has 0 aromatic carbocycles. The monoisotopic (exact) mass is 211 g/mol. The number of primary amides is 1. The van der Waals surface area contributed by atoms with Crippen LogP contribution in [0.2, 0.25) is 0 Å². The first-order valence-electron chi connectivity index (χ1n) is 4.04. The molecule has 0 aliphatic heterocycles. The molecule has 0 aliphatic rings. The lowest BCUT2D eigenvalue weighted by Crippen LogP contribution is -2.38. The molecule has 0 fully saturated rings. The van der Waals surface area contributed by atoms with Crippen LogP contribution in [0.15, 0.2) is 11.3 Å². The number of nitrogens with zero attached hydrogens (tertiary/aromatic N) is 2. The number of nitrogens with one attached hydrogen (secondary N) is 2. The van der Waals surface area contributed by atoms with E-state index >= 15 is 0 Å². The number of amides is 3. The third-order valence-electron chi connectivity index (χ3n) is 1.34. The van der Waals surface area contributed by atoms with Crippen LogP contribution in [0.1, 0.15) is 6.92 Å². The van der Waals surface area contributed by atoms with Gasteiger partial charge in [-0.15, -0.1) is 0 Å². The van der Waals surface area contributed by atoms with Crippen LogP contribution in [-0.2, 0) is 4.79 Å². The molecular weight excluding hydrogens is 198 g/mol. The van der Waals surface area contributed by atoms with Crippen molar-refractivity contribution in [1.29, 1.82) is 5.26 Å². The number of nitriles is 1. The van der Waals surface area contributed by atoms with E-state index in [4.69, 9.17) is 11.0 Å². The Bertz CT molecular complexity index is 339. The minimum atomic E-state index is -0.995. The van der Waals surface area contributed by atoms with E-state index in [9.17, 15) is 9.59 Å². The summed E-state index contributed by atoms with van der Waals surface area (Å²) < 4.78 is 0. The molecule has 0 unspecified atom stereocenters. The fourth-order valence-corrected chi connectivity index (χ4v) is 0.871. The molecule has 0 saturated heterocycles. The lowest BCUT2D eigenvalue weighted by Gasteiger charge is -2.14. The number of carbonyl (C=O) groups excluding carboxylic acids is 2. The van der Waals surface area contributed by atoms with Gasteiger partial charge in [-0.25, -0.2) is 9.80 Å². The molecule has 4 N–H and O–H groups in total. The Morgan fingerprint density at radius 1 is 1.40 bits per heavy atom. The fraction of sp³-hybridized carbons (Fsp3) is 0.375. The average molecular weight is 211 g/mol. The van der Waals surface area contributed by atoms with Gasteiger partial charge in [0.25, 0.3) is 5.91 Å².